The largest absolute Gasteiger partial charge is 0.459 e. The highest BCUT2D eigenvalue weighted by Gasteiger charge is 2.16. The molecule has 3 aromatic rings. The zero-order chi connectivity index (χ0) is 19.7. The van der Waals surface area contributed by atoms with Crippen molar-refractivity contribution in [2.24, 2.45) is 0 Å². The van der Waals surface area contributed by atoms with E-state index < -0.39 is 0 Å². The second kappa shape index (κ2) is 7.31. The van der Waals surface area contributed by atoms with Crippen molar-refractivity contribution in [1.82, 2.24) is 9.88 Å². The molecule has 1 aliphatic rings. The Morgan fingerprint density at radius 2 is 2.14 bits per heavy atom. The second-order valence-corrected chi connectivity index (χ2v) is 7.00. The summed E-state index contributed by atoms with van der Waals surface area (Å²) < 4.78 is 5.89. The van der Waals surface area contributed by atoms with E-state index >= 15 is 0 Å². The molecule has 2 amide bonds. The predicted octanol–water partition coefficient (Wildman–Crippen LogP) is 3.69. The molecule has 0 aliphatic carbocycles. The van der Waals surface area contributed by atoms with Gasteiger partial charge in [-0.3, -0.25) is 9.59 Å². The highest BCUT2D eigenvalue weighted by Crippen LogP contribution is 2.26. The molecule has 1 N–H and O–H groups in total. The molecular formula is C22H21N3O3. The highest BCUT2D eigenvalue weighted by atomic mass is 16.3. The van der Waals surface area contributed by atoms with Crippen LogP contribution in [0.5, 0.6) is 0 Å². The number of nitrogens with zero attached hydrogens (tertiary/aromatic N) is 2. The molecule has 28 heavy (non-hydrogen) atoms. The van der Waals surface area contributed by atoms with Crippen LogP contribution in [-0.4, -0.2) is 28.7 Å². The van der Waals surface area contributed by atoms with Crippen LogP contribution in [0, 0.1) is 6.92 Å². The fourth-order valence-electron chi connectivity index (χ4n) is 3.33. The fourth-order valence-corrected chi connectivity index (χ4v) is 3.33. The van der Waals surface area contributed by atoms with Crippen LogP contribution in [-0.2, 0) is 22.6 Å². The molecular weight excluding hydrogens is 354 g/mol. The Morgan fingerprint density at radius 1 is 1.32 bits per heavy atom. The monoisotopic (exact) mass is 375 g/mol. The number of para-hydroxylation sites is 1. The van der Waals surface area contributed by atoms with E-state index in [1.54, 1.807) is 24.2 Å². The maximum atomic E-state index is 12.5. The number of carbonyl (C=O) groups is 2. The molecule has 1 aromatic carbocycles. The van der Waals surface area contributed by atoms with Crippen molar-refractivity contribution in [2.45, 2.75) is 26.3 Å². The number of aryl methyl sites for hydroxylation is 2. The van der Waals surface area contributed by atoms with Crippen LogP contribution in [0.25, 0.3) is 17.0 Å². The number of carbonyl (C=O) groups excluding carboxylic acids is 2. The number of hydrogen-bond acceptors (Lipinski definition) is 4. The Hall–Kier alpha value is -3.41. The number of amides is 2. The summed E-state index contributed by atoms with van der Waals surface area (Å²) in [4.78, 5) is 29.8. The zero-order valence-electron chi connectivity index (χ0n) is 15.9. The molecule has 1 aliphatic heterocycles. The first-order valence-corrected chi connectivity index (χ1v) is 9.20. The minimum absolute atomic E-state index is 0.0130. The minimum Gasteiger partial charge on any atom is -0.459 e. The number of likely N-dealkylation sites (N-methyl/N-ethyl adjacent to an activating group) is 1. The van der Waals surface area contributed by atoms with Gasteiger partial charge < -0.3 is 14.6 Å². The molecule has 0 spiro atoms. The molecule has 0 unspecified atom stereocenters. The van der Waals surface area contributed by atoms with Gasteiger partial charge in [-0.25, -0.2) is 4.98 Å². The molecule has 0 bridgehead atoms. The lowest BCUT2D eigenvalue weighted by Gasteiger charge is -2.16. The van der Waals surface area contributed by atoms with Crippen molar-refractivity contribution in [3.8, 4) is 0 Å². The normalized spacial score (nSPS) is 13.6. The van der Waals surface area contributed by atoms with Crippen molar-refractivity contribution < 1.29 is 14.0 Å². The summed E-state index contributed by atoms with van der Waals surface area (Å²) in [5.41, 5.74) is 3.70. The zero-order valence-corrected chi connectivity index (χ0v) is 15.9. The Labute approximate surface area is 162 Å². The Balaban J connectivity index is 1.45. The summed E-state index contributed by atoms with van der Waals surface area (Å²) in [7, 11) is 1.75. The van der Waals surface area contributed by atoms with E-state index in [0.29, 0.717) is 25.2 Å². The van der Waals surface area contributed by atoms with E-state index in [0.717, 1.165) is 33.4 Å². The maximum absolute atomic E-state index is 12.5. The lowest BCUT2D eigenvalue weighted by molar-refractivity contribution is -0.125. The lowest BCUT2D eigenvalue weighted by Crippen LogP contribution is -2.24. The van der Waals surface area contributed by atoms with Crippen molar-refractivity contribution in [3.05, 3.63) is 65.1 Å². The molecule has 4 rings (SSSR count). The Morgan fingerprint density at radius 3 is 2.96 bits per heavy atom. The number of benzene rings is 1. The van der Waals surface area contributed by atoms with Gasteiger partial charge in [0.1, 0.15) is 17.2 Å². The Kier molecular flexibility index (Phi) is 4.69. The standard InChI is InChI=1S/C22H21N3O3/c1-14-17-5-3-4-6-18(17)28-19(14)13-25(2)21(27)10-7-15-11-16-8-9-20(26)24-22(16)23-12-15/h3-7,10-12H,8-9,13H2,1-2H3,(H,23,24,26)/b10-7-. The summed E-state index contributed by atoms with van der Waals surface area (Å²) in [5, 5.41) is 3.82. The van der Waals surface area contributed by atoms with Gasteiger partial charge in [0, 0.05) is 36.7 Å². The van der Waals surface area contributed by atoms with Gasteiger partial charge in [-0.2, -0.15) is 0 Å². The third kappa shape index (κ3) is 3.53. The molecule has 0 fully saturated rings. The number of hydrogen-bond donors (Lipinski definition) is 1. The number of aromatic nitrogens is 1. The fraction of sp³-hybridized carbons (Fsp3) is 0.227. The van der Waals surface area contributed by atoms with Gasteiger partial charge in [0.15, 0.2) is 0 Å². The van der Waals surface area contributed by atoms with Crippen molar-refractivity contribution >= 4 is 34.7 Å². The molecule has 0 saturated carbocycles. The van der Waals surface area contributed by atoms with Gasteiger partial charge in [0.2, 0.25) is 11.8 Å². The van der Waals surface area contributed by atoms with Crippen LogP contribution in [0.1, 0.15) is 28.9 Å². The highest BCUT2D eigenvalue weighted by molar-refractivity contribution is 5.94. The summed E-state index contributed by atoms with van der Waals surface area (Å²) in [5.74, 6) is 1.26. The third-order valence-corrected chi connectivity index (χ3v) is 4.98. The van der Waals surface area contributed by atoms with Crippen LogP contribution >= 0.6 is 0 Å². The number of nitrogens with one attached hydrogen (secondary N) is 1. The number of fused-ring (bicyclic) bond motifs is 2. The van der Waals surface area contributed by atoms with Crippen LogP contribution in [0.2, 0.25) is 0 Å². The van der Waals surface area contributed by atoms with Crippen LogP contribution in [0.4, 0.5) is 5.82 Å². The van der Waals surface area contributed by atoms with Gasteiger partial charge in [-0.15, -0.1) is 0 Å². The van der Waals surface area contributed by atoms with E-state index in [1.165, 1.54) is 6.08 Å². The molecule has 6 heteroatoms. The van der Waals surface area contributed by atoms with Gasteiger partial charge >= 0.3 is 0 Å². The third-order valence-electron chi connectivity index (χ3n) is 4.98. The van der Waals surface area contributed by atoms with Crippen molar-refractivity contribution in [2.75, 3.05) is 12.4 Å². The minimum atomic E-state index is -0.120. The Bertz CT molecular complexity index is 1100. The first-order valence-electron chi connectivity index (χ1n) is 9.20. The summed E-state index contributed by atoms with van der Waals surface area (Å²) in [6.07, 6.45) is 6.05. The molecule has 6 nitrogen and oxygen atoms in total. The van der Waals surface area contributed by atoms with Gasteiger partial charge in [0.05, 0.1) is 6.54 Å². The van der Waals surface area contributed by atoms with Crippen molar-refractivity contribution in [3.63, 3.8) is 0 Å². The number of rotatable bonds is 4. The van der Waals surface area contributed by atoms with Gasteiger partial charge in [-0.1, -0.05) is 18.2 Å². The summed E-state index contributed by atoms with van der Waals surface area (Å²) >= 11 is 0. The average Bonchev–Trinajstić information content (AvgIpc) is 3.01. The summed E-state index contributed by atoms with van der Waals surface area (Å²) in [6.45, 7) is 2.41. The number of anilines is 1. The van der Waals surface area contributed by atoms with Crippen LogP contribution < -0.4 is 5.32 Å². The molecule has 0 saturated heterocycles. The van der Waals surface area contributed by atoms with Crippen LogP contribution in [0.3, 0.4) is 0 Å². The lowest BCUT2D eigenvalue weighted by atomic mass is 10.0. The maximum Gasteiger partial charge on any atom is 0.246 e. The van der Waals surface area contributed by atoms with E-state index in [9.17, 15) is 9.59 Å². The average molecular weight is 375 g/mol. The van der Waals surface area contributed by atoms with E-state index in [1.807, 2.05) is 37.3 Å². The molecule has 142 valence electrons. The first kappa shape index (κ1) is 18.0. The van der Waals surface area contributed by atoms with E-state index in [2.05, 4.69) is 10.3 Å². The number of pyridine rings is 1. The smallest absolute Gasteiger partial charge is 0.246 e. The van der Waals surface area contributed by atoms with E-state index in [4.69, 9.17) is 4.42 Å². The van der Waals surface area contributed by atoms with Crippen LogP contribution in [0.15, 0.2) is 47.0 Å². The van der Waals surface area contributed by atoms with Crippen molar-refractivity contribution in [1.29, 1.82) is 0 Å². The van der Waals surface area contributed by atoms with Gasteiger partial charge in [-0.05, 0) is 42.7 Å². The molecule has 0 radical (unpaired) electrons. The molecule has 3 heterocycles. The summed E-state index contributed by atoms with van der Waals surface area (Å²) in [6, 6.07) is 9.81. The molecule has 0 atom stereocenters. The van der Waals surface area contributed by atoms with Gasteiger partial charge in [0.25, 0.3) is 0 Å². The quantitative estimate of drug-likeness (QED) is 0.706. The topological polar surface area (TPSA) is 75.4 Å². The second-order valence-electron chi connectivity index (χ2n) is 7.00. The molecule has 2 aromatic heterocycles. The van der Waals surface area contributed by atoms with E-state index in [-0.39, 0.29) is 11.8 Å². The number of furan rings is 1. The SMILES string of the molecule is Cc1c(CN(C)C(=O)/C=C\c2cnc3c(c2)CCC(=O)N3)oc2ccccc12. The predicted molar refractivity (Wildman–Crippen MR) is 108 cm³/mol. The first-order chi connectivity index (χ1) is 13.5.